The number of alkyl carbamates (subject to hydrolysis) is 1. The predicted molar refractivity (Wildman–Crippen MR) is 192 cm³/mol. The first kappa shape index (κ1) is 41.2. The standard InChI is InChI=1S/C37H63N5O8/c1-35(2,3)48-30(43)25-29(38-26-15-11-10-12-16-26)31(44)42-21-14-13-17-27(42)20-24-47-28-18-22-41(23-19-28)32(39-33(45)49-36(4,5)6)40-34(46)50-37(7,8)9/h10-11,26-29,38H,12-25H2,1-9H3,(H,39,40,45,46)/t26-,27+,29?/m1/s1. The van der Waals surface area contributed by atoms with Crippen LogP contribution in [0.5, 0.6) is 0 Å². The number of piperidine rings is 2. The summed E-state index contributed by atoms with van der Waals surface area (Å²) in [5.41, 5.74) is -2.08. The Balaban J connectivity index is 1.58. The average Bonchev–Trinajstić information content (AvgIpc) is 2.98. The second kappa shape index (κ2) is 18.3. The lowest BCUT2D eigenvalue weighted by molar-refractivity contribution is -0.158. The van der Waals surface area contributed by atoms with E-state index < -0.39 is 35.0 Å². The van der Waals surface area contributed by atoms with Gasteiger partial charge in [-0.15, -0.1) is 4.99 Å². The first-order valence-electron chi connectivity index (χ1n) is 18.4. The molecule has 2 saturated heterocycles. The first-order valence-corrected chi connectivity index (χ1v) is 18.4. The largest absolute Gasteiger partial charge is 0.460 e. The van der Waals surface area contributed by atoms with Crippen LogP contribution in [0, 0.1) is 0 Å². The summed E-state index contributed by atoms with van der Waals surface area (Å²) < 4.78 is 22.7. The van der Waals surface area contributed by atoms with Crippen LogP contribution in [0.15, 0.2) is 17.1 Å². The van der Waals surface area contributed by atoms with Crippen LogP contribution in [-0.2, 0) is 28.5 Å². The normalized spacial score (nSPS) is 21.7. The van der Waals surface area contributed by atoms with Crippen molar-refractivity contribution in [3.63, 3.8) is 0 Å². The highest BCUT2D eigenvalue weighted by Crippen LogP contribution is 2.24. The van der Waals surface area contributed by atoms with Crippen LogP contribution in [0.25, 0.3) is 0 Å². The van der Waals surface area contributed by atoms with Crippen LogP contribution < -0.4 is 10.6 Å². The highest BCUT2D eigenvalue weighted by atomic mass is 16.6. The van der Waals surface area contributed by atoms with Gasteiger partial charge in [0.1, 0.15) is 16.8 Å². The third-order valence-electron chi connectivity index (χ3n) is 8.45. The minimum atomic E-state index is -0.798. The van der Waals surface area contributed by atoms with E-state index in [1.54, 1.807) is 41.5 Å². The lowest BCUT2D eigenvalue weighted by Crippen LogP contribution is -2.55. The smallest absolute Gasteiger partial charge is 0.437 e. The Labute approximate surface area is 299 Å². The number of rotatable bonds is 9. The molecule has 3 atom stereocenters. The molecule has 50 heavy (non-hydrogen) atoms. The molecule has 0 aromatic rings. The van der Waals surface area contributed by atoms with Crippen molar-refractivity contribution in [1.82, 2.24) is 20.4 Å². The molecule has 2 N–H and O–H groups in total. The quantitative estimate of drug-likeness (QED) is 0.0984. The van der Waals surface area contributed by atoms with Crippen molar-refractivity contribution in [2.45, 2.75) is 168 Å². The zero-order chi connectivity index (χ0) is 37.1. The molecule has 1 unspecified atom stereocenters. The maximum absolute atomic E-state index is 14.1. The lowest BCUT2D eigenvalue weighted by atomic mass is 9.96. The van der Waals surface area contributed by atoms with Gasteiger partial charge in [-0.2, -0.15) is 0 Å². The number of guanidine groups is 1. The van der Waals surface area contributed by atoms with Gasteiger partial charge in [-0.3, -0.25) is 14.9 Å². The number of nitrogens with zero attached hydrogens (tertiary/aromatic N) is 3. The van der Waals surface area contributed by atoms with Gasteiger partial charge in [0.15, 0.2) is 0 Å². The Morgan fingerprint density at radius 1 is 0.820 bits per heavy atom. The van der Waals surface area contributed by atoms with Crippen molar-refractivity contribution >= 4 is 30.0 Å². The van der Waals surface area contributed by atoms with E-state index in [4.69, 9.17) is 18.9 Å². The van der Waals surface area contributed by atoms with E-state index in [0.717, 1.165) is 38.5 Å². The number of likely N-dealkylation sites (tertiary alicyclic amines) is 2. The second-order valence-corrected chi connectivity index (χ2v) is 16.6. The van der Waals surface area contributed by atoms with Crippen molar-refractivity contribution in [2.75, 3.05) is 26.2 Å². The lowest BCUT2D eigenvalue weighted by Gasteiger charge is -2.39. The maximum atomic E-state index is 14.1. The van der Waals surface area contributed by atoms with E-state index in [1.165, 1.54) is 0 Å². The Kier molecular flexibility index (Phi) is 15.1. The molecule has 0 saturated carbocycles. The predicted octanol–water partition coefficient (Wildman–Crippen LogP) is 5.85. The zero-order valence-corrected chi connectivity index (χ0v) is 32.0. The van der Waals surface area contributed by atoms with Gasteiger partial charge in [0.25, 0.3) is 0 Å². The molecule has 0 aromatic carbocycles. The SMILES string of the molecule is CC(C)(C)OC(=O)CC(N[C@@H]1CC=CCC1)C(=O)N1CCCC[C@H]1CCOC1CCN(C(=NC(=O)OC(C)(C)C)NC(=O)OC(C)(C)C)CC1. The number of nitrogens with one attached hydrogen (secondary N) is 2. The molecule has 2 fully saturated rings. The van der Waals surface area contributed by atoms with E-state index in [0.29, 0.717) is 45.5 Å². The van der Waals surface area contributed by atoms with E-state index in [1.807, 2.05) is 30.6 Å². The van der Waals surface area contributed by atoms with E-state index in [9.17, 15) is 19.2 Å². The molecular weight excluding hydrogens is 642 g/mol. The molecule has 2 heterocycles. The molecule has 284 valence electrons. The minimum Gasteiger partial charge on any atom is -0.460 e. The molecule has 0 bridgehead atoms. The van der Waals surface area contributed by atoms with Gasteiger partial charge < -0.3 is 34.1 Å². The fourth-order valence-electron chi connectivity index (χ4n) is 6.34. The van der Waals surface area contributed by atoms with Crippen LogP contribution in [0.2, 0.25) is 0 Å². The zero-order valence-electron chi connectivity index (χ0n) is 32.0. The summed E-state index contributed by atoms with van der Waals surface area (Å²) in [6.45, 7) is 18.2. The number of esters is 1. The molecule has 0 spiro atoms. The molecule has 2 aliphatic heterocycles. The molecule has 0 radical (unpaired) electrons. The molecular formula is C37H63N5O8. The number of ether oxygens (including phenoxy) is 4. The van der Waals surface area contributed by atoms with Crippen LogP contribution in [0.4, 0.5) is 9.59 Å². The number of carbonyl (C=O) groups excluding carboxylic acids is 4. The minimum absolute atomic E-state index is 0.00336. The number of hydrogen-bond acceptors (Lipinski definition) is 9. The summed E-state index contributed by atoms with van der Waals surface area (Å²) in [7, 11) is 0. The molecule has 0 aromatic heterocycles. The molecule has 3 aliphatic rings. The second-order valence-electron chi connectivity index (χ2n) is 16.6. The van der Waals surface area contributed by atoms with Crippen molar-refractivity contribution in [3.8, 4) is 0 Å². The Bertz CT molecular complexity index is 1210. The van der Waals surface area contributed by atoms with Crippen molar-refractivity contribution < 1.29 is 38.1 Å². The number of aliphatic imine (C=N–C) groups is 1. The van der Waals surface area contributed by atoms with Gasteiger partial charge in [0.05, 0.1) is 18.6 Å². The van der Waals surface area contributed by atoms with Crippen LogP contribution in [0.3, 0.4) is 0 Å². The summed E-state index contributed by atoms with van der Waals surface area (Å²) in [5, 5.41) is 6.14. The summed E-state index contributed by atoms with van der Waals surface area (Å²) in [4.78, 5) is 59.9. The van der Waals surface area contributed by atoms with E-state index in [-0.39, 0.29) is 42.4 Å². The average molecular weight is 706 g/mol. The van der Waals surface area contributed by atoms with Gasteiger partial charge in [-0.05, 0) is 120 Å². The van der Waals surface area contributed by atoms with Crippen LogP contribution in [-0.4, -0.2) is 107 Å². The first-order chi connectivity index (χ1) is 23.3. The van der Waals surface area contributed by atoms with Crippen molar-refractivity contribution in [3.05, 3.63) is 12.2 Å². The fourth-order valence-corrected chi connectivity index (χ4v) is 6.34. The molecule has 1 aliphatic carbocycles. The monoisotopic (exact) mass is 705 g/mol. The van der Waals surface area contributed by atoms with Crippen LogP contribution >= 0.6 is 0 Å². The number of amides is 3. The highest BCUT2D eigenvalue weighted by molar-refractivity contribution is 5.99. The molecule has 3 amide bonds. The number of hydrogen-bond donors (Lipinski definition) is 2. The number of allylic oxidation sites excluding steroid dienone is 1. The van der Waals surface area contributed by atoms with Crippen LogP contribution in [0.1, 0.15) is 127 Å². The third kappa shape index (κ3) is 15.4. The molecule has 13 nitrogen and oxygen atoms in total. The molecule has 13 heteroatoms. The van der Waals surface area contributed by atoms with Gasteiger partial charge in [0, 0.05) is 38.3 Å². The summed E-state index contributed by atoms with van der Waals surface area (Å²) in [6, 6.07) is -0.475. The van der Waals surface area contributed by atoms with Gasteiger partial charge >= 0.3 is 18.2 Å². The third-order valence-corrected chi connectivity index (χ3v) is 8.45. The maximum Gasteiger partial charge on any atom is 0.437 e. The summed E-state index contributed by atoms with van der Waals surface area (Å²) >= 11 is 0. The van der Waals surface area contributed by atoms with Crippen molar-refractivity contribution in [2.24, 2.45) is 4.99 Å². The van der Waals surface area contributed by atoms with E-state index >= 15 is 0 Å². The number of carbonyl (C=O) groups is 4. The van der Waals surface area contributed by atoms with E-state index in [2.05, 4.69) is 27.8 Å². The fraction of sp³-hybridized carbons (Fsp3) is 0.811. The summed E-state index contributed by atoms with van der Waals surface area (Å²) in [5.74, 6) is -0.335. The van der Waals surface area contributed by atoms with Gasteiger partial charge in [-0.1, -0.05) is 12.2 Å². The Morgan fingerprint density at radius 3 is 2.08 bits per heavy atom. The summed E-state index contributed by atoms with van der Waals surface area (Å²) in [6.07, 6.45) is 10.3. The van der Waals surface area contributed by atoms with Crippen molar-refractivity contribution in [1.29, 1.82) is 0 Å². The highest BCUT2D eigenvalue weighted by Gasteiger charge is 2.35. The topological polar surface area (TPSA) is 148 Å². The Hall–Kier alpha value is -3.19. The Morgan fingerprint density at radius 2 is 1.48 bits per heavy atom. The van der Waals surface area contributed by atoms with Gasteiger partial charge in [0.2, 0.25) is 11.9 Å². The molecule has 3 rings (SSSR count). The van der Waals surface area contributed by atoms with Gasteiger partial charge in [-0.25, -0.2) is 9.59 Å².